The molecule has 0 spiro atoms. The van der Waals surface area contributed by atoms with Gasteiger partial charge in [-0.15, -0.1) is 0 Å². The fourth-order valence-corrected chi connectivity index (χ4v) is 2.17. The molecule has 1 aliphatic heterocycles. The fraction of sp³-hybridized carbons (Fsp3) is 0.667. The van der Waals surface area contributed by atoms with Gasteiger partial charge in [-0.05, 0) is 19.3 Å². The number of piperidine rings is 1. The van der Waals surface area contributed by atoms with Crippen LogP contribution in [0.1, 0.15) is 36.7 Å². The Morgan fingerprint density at radius 2 is 2.56 bits per heavy atom. The Morgan fingerprint density at radius 3 is 3.22 bits per heavy atom. The van der Waals surface area contributed by atoms with Gasteiger partial charge in [-0.3, -0.25) is 9.89 Å². The molecular weight excluding hydrogens is 232 g/mol. The fourth-order valence-electron chi connectivity index (χ4n) is 2.17. The number of hydrogen-bond acceptors (Lipinski definition) is 4. The predicted molar refractivity (Wildman–Crippen MR) is 68.2 cm³/mol. The van der Waals surface area contributed by atoms with E-state index in [1.54, 1.807) is 4.90 Å². The Kier molecular flexibility index (Phi) is 4.19. The van der Waals surface area contributed by atoms with E-state index in [9.17, 15) is 4.79 Å². The highest BCUT2D eigenvalue weighted by Crippen LogP contribution is 2.17. The van der Waals surface area contributed by atoms with Gasteiger partial charge in [0.1, 0.15) is 5.69 Å². The van der Waals surface area contributed by atoms with Gasteiger partial charge in [0.15, 0.2) is 0 Å². The van der Waals surface area contributed by atoms with Crippen LogP contribution in [-0.2, 0) is 4.74 Å². The summed E-state index contributed by atoms with van der Waals surface area (Å²) in [5.41, 5.74) is 6.47. The number of hydrogen-bond donors (Lipinski definition) is 2. The molecule has 1 unspecified atom stereocenters. The second-order valence-electron chi connectivity index (χ2n) is 4.59. The highest BCUT2D eigenvalue weighted by molar-refractivity contribution is 5.97. The molecule has 0 bridgehead atoms. The monoisotopic (exact) mass is 252 g/mol. The third kappa shape index (κ3) is 2.81. The molecular formula is C12H20N4O2. The van der Waals surface area contributed by atoms with Crippen molar-refractivity contribution >= 4 is 11.6 Å². The number of rotatable bonds is 4. The number of nitrogens with zero attached hydrogens (tertiary/aromatic N) is 2. The molecule has 1 fully saturated rings. The van der Waals surface area contributed by atoms with E-state index >= 15 is 0 Å². The summed E-state index contributed by atoms with van der Waals surface area (Å²) in [5.74, 6) is -0.0881. The third-order valence-corrected chi connectivity index (χ3v) is 3.11. The number of nitrogens with two attached hydrogens (primary N) is 1. The summed E-state index contributed by atoms with van der Waals surface area (Å²) >= 11 is 0. The van der Waals surface area contributed by atoms with E-state index in [0.29, 0.717) is 17.9 Å². The minimum absolute atomic E-state index is 0.0881. The van der Waals surface area contributed by atoms with Crippen molar-refractivity contribution in [2.24, 2.45) is 0 Å². The number of ether oxygens (including phenoxy) is 1. The lowest BCUT2D eigenvalue weighted by Crippen LogP contribution is -2.43. The topological polar surface area (TPSA) is 84.2 Å². The first-order valence-electron chi connectivity index (χ1n) is 6.42. The van der Waals surface area contributed by atoms with E-state index in [1.807, 2.05) is 0 Å². The van der Waals surface area contributed by atoms with Crippen LogP contribution < -0.4 is 5.73 Å². The van der Waals surface area contributed by atoms with Crippen molar-refractivity contribution in [2.75, 3.05) is 25.4 Å². The zero-order chi connectivity index (χ0) is 13.0. The minimum Gasteiger partial charge on any atom is -0.396 e. The van der Waals surface area contributed by atoms with Crippen LogP contribution in [0.3, 0.4) is 0 Å². The molecule has 0 aliphatic carbocycles. The lowest BCUT2D eigenvalue weighted by molar-refractivity contribution is 0.00195. The normalized spacial score (nSPS) is 20.1. The summed E-state index contributed by atoms with van der Waals surface area (Å²) < 4.78 is 5.71. The van der Waals surface area contributed by atoms with Gasteiger partial charge in [0.2, 0.25) is 0 Å². The van der Waals surface area contributed by atoms with Gasteiger partial charge in [-0.2, -0.15) is 5.10 Å². The molecule has 1 saturated heterocycles. The third-order valence-electron chi connectivity index (χ3n) is 3.11. The van der Waals surface area contributed by atoms with E-state index in [2.05, 4.69) is 17.1 Å². The van der Waals surface area contributed by atoms with Crippen molar-refractivity contribution in [1.82, 2.24) is 15.1 Å². The molecule has 0 radical (unpaired) electrons. The van der Waals surface area contributed by atoms with Crippen molar-refractivity contribution in [3.63, 3.8) is 0 Å². The molecule has 18 heavy (non-hydrogen) atoms. The quantitative estimate of drug-likeness (QED) is 0.838. The van der Waals surface area contributed by atoms with E-state index in [4.69, 9.17) is 10.5 Å². The minimum atomic E-state index is -0.0881. The number of likely N-dealkylation sites (tertiary alicyclic amines) is 1. The van der Waals surface area contributed by atoms with Crippen LogP contribution in [-0.4, -0.2) is 46.8 Å². The molecule has 1 aromatic rings. The zero-order valence-corrected chi connectivity index (χ0v) is 10.7. The van der Waals surface area contributed by atoms with E-state index in [-0.39, 0.29) is 12.0 Å². The molecule has 100 valence electrons. The van der Waals surface area contributed by atoms with Crippen molar-refractivity contribution in [3.05, 3.63) is 11.9 Å². The first kappa shape index (κ1) is 12.9. The Hall–Kier alpha value is -1.56. The maximum atomic E-state index is 12.2. The molecule has 2 rings (SSSR count). The largest absolute Gasteiger partial charge is 0.396 e. The average molecular weight is 252 g/mol. The Labute approximate surface area is 106 Å². The van der Waals surface area contributed by atoms with Gasteiger partial charge < -0.3 is 15.4 Å². The van der Waals surface area contributed by atoms with Crippen LogP contribution in [0.5, 0.6) is 0 Å². The van der Waals surface area contributed by atoms with Crippen LogP contribution in [0.15, 0.2) is 6.20 Å². The molecule has 1 amide bonds. The molecule has 1 atom stereocenters. The Bertz CT molecular complexity index is 405. The zero-order valence-electron chi connectivity index (χ0n) is 10.7. The SMILES string of the molecule is CCCOC1CCCN(C(=O)c2[nH]ncc2N)C1. The highest BCUT2D eigenvalue weighted by atomic mass is 16.5. The van der Waals surface area contributed by atoms with Gasteiger partial charge in [0.05, 0.1) is 18.0 Å². The predicted octanol–water partition coefficient (Wildman–Crippen LogP) is 1.02. The molecule has 0 aromatic carbocycles. The Balaban J connectivity index is 1.96. The van der Waals surface area contributed by atoms with Crippen LogP contribution in [0.25, 0.3) is 0 Å². The van der Waals surface area contributed by atoms with Crippen LogP contribution in [0.2, 0.25) is 0 Å². The number of nitrogen functional groups attached to an aromatic ring is 1. The second-order valence-corrected chi connectivity index (χ2v) is 4.59. The first-order valence-corrected chi connectivity index (χ1v) is 6.42. The van der Waals surface area contributed by atoms with E-state index in [1.165, 1.54) is 6.20 Å². The van der Waals surface area contributed by atoms with Crippen molar-refractivity contribution in [3.8, 4) is 0 Å². The average Bonchev–Trinajstić information content (AvgIpc) is 2.82. The molecule has 1 aliphatic rings. The van der Waals surface area contributed by atoms with Crippen molar-refractivity contribution in [2.45, 2.75) is 32.3 Å². The second kappa shape index (κ2) is 5.86. The molecule has 6 heteroatoms. The number of H-pyrrole nitrogens is 1. The number of aromatic amines is 1. The standard InChI is InChI=1S/C12H20N4O2/c1-2-6-18-9-4-3-5-16(8-9)12(17)11-10(13)7-14-15-11/h7,9H,2-6,8,13H2,1H3,(H,14,15). The lowest BCUT2D eigenvalue weighted by atomic mass is 10.1. The summed E-state index contributed by atoms with van der Waals surface area (Å²) in [6.07, 6.45) is 4.59. The smallest absolute Gasteiger partial charge is 0.274 e. The number of anilines is 1. The first-order chi connectivity index (χ1) is 8.72. The molecule has 2 heterocycles. The van der Waals surface area contributed by atoms with Gasteiger partial charge in [-0.25, -0.2) is 0 Å². The maximum absolute atomic E-state index is 12.2. The van der Waals surface area contributed by atoms with E-state index < -0.39 is 0 Å². The van der Waals surface area contributed by atoms with Gasteiger partial charge in [0, 0.05) is 19.7 Å². The molecule has 1 aromatic heterocycles. The summed E-state index contributed by atoms with van der Waals surface area (Å²) in [6.45, 7) is 4.22. The summed E-state index contributed by atoms with van der Waals surface area (Å²) in [6, 6.07) is 0. The van der Waals surface area contributed by atoms with Gasteiger partial charge in [-0.1, -0.05) is 6.92 Å². The van der Waals surface area contributed by atoms with Crippen LogP contribution >= 0.6 is 0 Å². The summed E-state index contributed by atoms with van der Waals surface area (Å²) in [7, 11) is 0. The maximum Gasteiger partial charge on any atom is 0.274 e. The van der Waals surface area contributed by atoms with E-state index in [0.717, 1.165) is 32.4 Å². The molecule has 6 nitrogen and oxygen atoms in total. The highest BCUT2D eigenvalue weighted by Gasteiger charge is 2.26. The van der Waals surface area contributed by atoms with Gasteiger partial charge >= 0.3 is 0 Å². The van der Waals surface area contributed by atoms with Crippen molar-refractivity contribution < 1.29 is 9.53 Å². The van der Waals surface area contributed by atoms with Gasteiger partial charge in [0.25, 0.3) is 5.91 Å². The number of carbonyl (C=O) groups excluding carboxylic acids is 1. The van der Waals surface area contributed by atoms with Crippen LogP contribution in [0.4, 0.5) is 5.69 Å². The van der Waals surface area contributed by atoms with Crippen LogP contribution in [0, 0.1) is 0 Å². The molecule has 3 N–H and O–H groups in total. The lowest BCUT2D eigenvalue weighted by Gasteiger charge is -2.32. The number of carbonyl (C=O) groups is 1. The summed E-state index contributed by atoms with van der Waals surface area (Å²) in [5, 5.41) is 6.43. The number of nitrogens with one attached hydrogen (secondary N) is 1. The Morgan fingerprint density at radius 1 is 1.72 bits per heavy atom. The molecule has 0 saturated carbocycles. The summed E-state index contributed by atoms with van der Waals surface area (Å²) in [4.78, 5) is 14.0. The van der Waals surface area contributed by atoms with Crippen molar-refractivity contribution in [1.29, 1.82) is 0 Å². The number of aromatic nitrogens is 2. The number of amides is 1.